The van der Waals surface area contributed by atoms with Gasteiger partial charge in [0.2, 0.25) is 0 Å². The first kappa shape index (κ1) is 6.66. The lowest BCUT2D eigenvalue weighted by molar-refractivity contribution is 0.815. The molecule has 0 saturated carbocycles. The van der Waals surface area contributed by atoms with Crippen molar-refractivity contribution in [2.45, 2.75) is 20.0 Å². The highest BCUT2D eigenvalue weighted by Crippen LogP contribution is 1.88. The standard InChI is InChI=1S/C5H12N2/c1-3-4(2)5(6)7/h3,5H,6-7H2,1-2H3/b4-3+. The van der Waals surface area contributed by atoms with Gasteiger partial charge in [0.25, 0.3) is 0 Å². The minimum atomic E-state index is -0.273. The summed E-state index contributed by atoms with van der Waals surface area (Å²) in [7, 11) is 0. The third kappa shape index (κ3) is 2.37. The Labute approximate surface area is 44.2 Å². The lowest BCUT2D eigenvalue weighted by Crippen LogP contribution is -2.31. The molecule has 0 spiro atoms. The summed E-state index contributed by atoms with van der Waals surface area (Å²) >= 11 is 0. The molecule has 0 bridgehead atoms. The van der Waals surface area contributed by atoms with E-state index in [0.717, 1.165) is 5.57 Å². The molecule has 0 rings (SSSR count). The van der Waals surface area contributed by atoms with E-state index in [1.165, 1.54) is 0 Å². The third-order valence-corrected chi connectivity index (χ3v) is 0.981. The van der Waals surface area contributed by atoms with Gasteiger partial charge < -0.3 is 11.5 Å². The van der Waals surface area contributed by atoms with Gasteiger partial charge in [0.1, 0.15) is 0 Å². The summed E-state index contributed by atoms with van der Waals surface area (Å²) in [5.74, 6) is 0. The van der Waals surface area contributed by atoms with Crippen LogP contribution in [0.2, 0.25) is 0 Å². The van der Waals surface area contributed by atoms with Gasteiger partial charge in [0.15, 0.2) is 0 Å². The van der Waals surface area contributed by atoms with E-state index in [-0.39, 0.29) is 6.17 Å². The molecule has 0 unspecified atom stereocenters. The second-order valence-corrected chi connectivity index (χ2v) is 1.56. The maximum atomic E-state index is 5.26. The van der Waals surface area contributed by atoms with Crippen molar-refractivity contribution in [3.63, 3.8) is 0 Å². The molecule has 0 atom stereocenters. The zero-order chi connectivity index (χ0) is 5.86. The first-order valence-corrected chi connectivity index (χ1v) is 2.32. The number of rotatable bonds is 1. The van der Waals surface area contributed by atoms with Gasteiger partial charge in [-0.05, 0) is 19.4 Å². The molecule has 2 heteroatoms. The molecule has 42 valence electrons. The Morgan fingerprint density at radius 3 is 2.00 bits per heavy atom. The molecule has 7 heavy (non-hydrogen) atoms. The lowest BCUT2D eigenvalue weighted by Gasteiger charge is -2.01. The molecule has 0 heterocycles. The van der Waals surface area contributed by atoms with Gasteiger partial charge in [-0.15, -0.1) is 0 Å². The summed E-state index contributed by atoms with van der Waals surface area (Å²) in [6.07, 6.45) is 1.63. The maximum absolute atomic E-state index is 5.26. The normalized spacial score (nSPS) is 13.0. The maximum Gasteiger partial charge on any atom is 0.0740 e. The molecule has 0 saturated heterocycles. The molecule has 0 aromatic heterocycles. The summed E-state index contributed by atoms with van der Waals surface area (Å²) in [5, 5.41) is 0. The van der Waals surface area contributed by atoms with Crippen LogP contribution in [0.5, 0.6) is 0 Å². The fourth-order valence-corrected chi connectivity index (χ4v) is 0.192. The number of nitrogens with two attached hydrogens (primary N) is 2. The molecule has 0 radical (unpaired) electrons. The highest BCUT2D eigenvalue weighted by molar-refractivity contribution is 5.01. The molecular weight excluding hydrogens is 88.1 g/mol. The van der Waals surface area contributed by atoms with Crippen LogP contribution in [0.25, 0.3) is 0 Å². The van der Waals surface area contributed by atoms with Crippen LogP contribution in [0, 0.1) is 0 Å². The van der Waals surface area contributed by atoms with E-state index in [1.807, 2.05) is 19.9 Å². The van der Waals surface area contributed by atoms with E-state index in [9.17, 15) is 0 Å². The molecule has 0 fully saturated rings. The summed E-state index contributed by atoms with van der Waals surface area (Å²) in [6.45, 7) is 3.83. The van der Waals surface area contributed by atoms with Crippen LogP contribution in [-0.4, -0.2) is 6.17 Å². The minimum Gasteiger partial charge on any atom is -0.313 e. The summed E-state index contributed by atoms with van der Waals surface area (Å²) in [6, 6.07) is 0. The van der Waals surface area contributed by atoms with Gasteiger partial charge in [-0.25, -0.2) is 0 Å². The van der Waals surface area contributed by atoms with Crippen LogP contribution >= 0.6 is 0 Å². The first-order valence-electron chi connectivity index (χ1n) is 2.32. The number of hydrogen-bond donors (Lipinski definition) is 2. The van der Waals surface area contributed by atoms with Crippen molar-refractivity contribution in [2.24, 2.45) is 11.5 Å². The SMILES string of the molecule is C/C=C(\C)C(N)N. The van der Waals surface area contributed by atoms with Crippen LogP contribution < -0.4 is 11.5 Å². The Hall–Kier alpha value is -0.340. The average molecular weight is 100 g/mol. The fraction of sp³-hybridized carbons (Fsp3) is 0.600. The fourth-order valence-electron chi connectivity index (χ4n) is 0.192. The molecule has 0 aromatic rings. The topological polar surface area (TPSA) is 52.0 Å². The van der Waals surface area contributed by atoms with Crippen molar-refractivity contribution in [1.82, 2.24) is 0 Å². The van der Waals surface area contributed by atoms with Crippen molar-refractivity contribution in [2.75, 3.05) is 0 Å². The molecule has 0 aliphatic heterocycles. The Morgan fingerprint density at radius 2 is 2.00 bits per heavy atom. The van der Waals surface area contributed by atoms with Gasteiger partial charge in [0, 0.05) is 0 Å². The van der Waals surface area contributed by atoms with E-state index in [1.54, 1.807) is 0 Å². The highest BCUT2D eigenvalue weighted by atomic mass is 14.8. The second kappa shape index (κ2) is 2.77. The lowest BCUT2D eigenvalue weighted by atomic mass is 10.2. The van der Waals surface area contributed by atoms with Crippen LogP contribution in [0.15, 0.2) is 11.6 Å². The van der Waals surface area contributed by atoms with Crippen molar-refractivity contribution in [3.05, 3.63) is 11.6 Å². The summed E-state index contributed by atoms with van der Waals surface area (Å²) in [4.78, 5) is 0. The van der Waals surface area contributed by atoms with E-state index in [0.29, 0.717) is 0 Å². The van der Waals surface area contributed by atoms with Gasteiger partial charge in [0.05, 0.1) is 6.17 Å². The largest absolute Gasteiger partial charge is 0.313 e. The van der Waals surface area contributed by atoms with Crippen molar-refractivity contribution >= 4 is 0 Å². The zero-order valence-electron chi connectivity index (χ0n) is 4.81. The summed E-state index contributed by atoms with van der Waals surface area (Å²) < 4.78 is 0. The first-order chi connectivity index (χ1) is 3.18. The molecule has 2 nitrogen and oxygen atoms in total. The van der Waals surface area contributed by atoms with Crippen molar-refractivity contribution in [3.8, 4) is 0 Å². The highest BCUT2D eigenvalue weighted by Gasteiger charge is 1.90. The van der Waals surface area contributed by atoms with E-state index < -0.39 is 0 Å². The molecule has 0 aliphatic carbocycles. The Balaban J connectivity index is 3.56. The van der Waals surface area contributed by atoms with Crippen LogP contribution in [-0.2, 0) is 0 Å². The Kier molecular flexibility index (Phi) is 2.64. The van der Waals surface area contributed by atoms with Crippen LogP contribution in [0.1, 0.15) is 13.8 Å². The minimum absolute atomic E-state index is 0.273. The van der Waals surface area contributed by atoms with Gasteiger partial charge in [-0.3, -0.25) is 0 Å². The second-order valence-electron chi connectivity index (χ2n) is 1.56. The third-order valence-electron chi connectivity index (χ3n) is 0.981. The molecule has 0 aromatic carbocycles. The molecule has 4 N–H and O–H groups in total. The molecule has 0 amide bonds. The van der Waals surface area contributed by atoms with Crippen LogP contribution in [0.4, 0.5) is 0 Å². The van der Waals surface area contributed by atoms with Gasteiger partial charge in [-0.1, -0.05) is 6.08 Å². The predicted molar refractivity (Wildman–Crippen MR) is 31.6 cm³/mol. The average Bonchev–Trinajstić information content (AvgIpc) is 1.65. The van der Waals surface area contributed by atoms with Crippen molar-refractivity contribution < 1.29 is 0 Å². The number of allylic oxidation sites excluding steroid dienone is 1. The van der Waals surface area contributed by atoms with Crippen LogP contribution in [0.3, 0.4) is 0 Å². The van der Waals surface area contributed by atoms with Gasteiger partial charge in [-0.2, -0.15) is 0 Å². The van der Waals surface area contributed by atoms with E-state index in [2.05, 4.69) is 0 Å². The van der Waals surface area contributed by atoms with E-state index in [4.69, 9.17) is 11.5 Å². The van der Waals surface area contributed by atoms with Crippen molar-refractivity contribution in [1.29, 1.82) is 0 Å². The zero-order valence-corrected chi connectivity index (χ0v) is 4.81. The quantitative estimate of drug-likeness (QED) is 0.365. The predicted octanol–water partition coefficient (Wildman–Crippen LogP) is 0.196. The summed E-state index contributed by atoms with van der Waals surface area (Å²) in [5.41, 5.74) is 11.5. The molecule has 0 aliphatic rings. The Morgan fingerprint density at radius 1 is 1.57 bits per heavy atom. The smallest absolute Gasteiger partial charge is 0.0740 e. The van der Waals surface area contributed by atoms with Gasteiger partial charge >= 0.3 is 0 Å². The Bertz CT molecular complexity index is 74.1. The molecular formula is C5H12N2. The van der Waals surface area contributed by atoms with E-state index >= 15 is 0 Å². The monoisotopic (exact) mass is 100 g/mol. The number of hydrogen-bond acceptors (Lipinski definition) is 2.